The second-order valence-corrected chi connectivity index (χ2v) is 4.59. The van der Waals surface area contributed by atoms with E-state index in [-0.39, 0.29) is 0 Å². The smallest absolute Gasteiger partial charge is 0.100 e. The van der Waals surface area contributed by atoms with Crippen LogP contribution < -0.4 is 0 Å². The van der Waals surface area contributed by atoms with Crippen molar-refractivity contribution in [3.8, 4) is 29.8 Å². The van der Waals surface area contributed by atoms with Gasteiger partial charge in [0.05, 0.1) is 5.56 Å². The molecule has 2 heteroatoms. The first-order chi connectivity index (χ1) is 10.8. The molecule has 0 spiro atoms. The summed E-state index contributed by atoms with van der Waals surface area (Å²) in [4.78, 5) is 0. The lowest BCUT2D eigenvalue weighted by Gasteiger charge is -1.97. The maximum Gasteiger partial charge on any atom is 0.100 e. The normalized spacial score (nSPS) is 9.27. The monoisotopic (exact) mass is 301 g/mol. The van der Waals surface area contributed by atoms with Crippen molar-refractivity contribution in [1.29, 1.82) is 5.26 Å². The second kappa shape index (κ2) is 8.39. The van der Waals surface area contributed by atoms with Crippen LogP contribution >= 0.6 is 11.6 Å². The van der Waals surface area contributed by atoms with E-state index in [9.17, 15) is 0 Å². The number of nitriles is 1. The average molecular weight is 302 g/mol. The zero-order valence-corrected chi connectivity index (χ0v) is 12.6. The molecule has 0 aliphatic heterocycles. The summed E-state index contributed by atoms with van der Waals surface area (Å²) in [6.07, 6.45) is 3.36. The summed E-state index contributed by atoms with van der Waals surface area (Å²) in [5, 5.41) is 8.97. The van der Waals surface area contributed by atoms with Gasteiger partial charge in [-0.1, -0.05) is 54.0 Å². The van der Waals surface area contributed by atoms with Crippen LogP contribution in [0.15, 0.2) is 60.7 Å². The van der Waals surface area contributed by atoms with Crippen LogP contribution in [0.1, 0.15) is 22.3 Å². The fourth-order valence-electron chi connectivity index (χ4n) is 1.77. The summed E-state index contributed by atoms with van der Waals surface area (Å²) in [5.41, 5.74) is 3.23. The molecule has 0 bridgehead atoms. The molecule has 0 radical (unpaired) electrons. The molecular formula is C20H12ClN. The third-order valence-corrected chi connectivity index (χ3v) is 3.16. The van der Waals surface area contributed by atoms with Gasteiger partial charge >= 0.3 is 0 Å². The van der Waals surface area contributed by atoms with Gasteiger partial charge in [0, 0.05) is 17.0 Å². The van der Waals surface area contributed by atoms with Gasteiger partial charge in [-0.2, -0.15) is 5.26 Å². The zero-order valence-electron chi connectivity index (χ0n) is 11.8. The van der Waals surface area contributed by atoms with Gasteiger partial charge in [0.2, 0.25) is 0 Å². The predicted molar refractivity (Wildman–Crippen MR) is 90.1 cm³/mol. The molecule has 0 atom stereocenters. The highest BCUT2D eigenvalue weighted by atomic mass is 35.5. The fourth-order valence-corrected chi connectivity index (χ4v) is 2.00. The molecule has 0 N–H and O–H groups in total. The van der Waals surface area contributed by atoms with Crippen molar-refractivity contribution in [1.82, 2.24) is 0 Å². The SMILES string of the molecule is N#Cc1ccccc1C#CC=CC#Cc1ccccc1CCl. The maximum atomic E-state index is 8.97. The molecule has 0 heterocycles. The van der Waals surface area contributed by atoms with Crippen molar-refractivity contribution in [3.05, 3.63) is 82.9 Å². The maximum absolute atomic E-state index is 8.97. The van der Waals surface area contributed by atoms with Crippen molar-refractivity contribution in [2.24, 2.45) is 0 Å². The molecule has 0 saturated carbocycles. The van der Waals surface area contributed by atoms with Crippen LogP contribution in [-0.4, -0.2) is 0 Å². The van der Waals surface area contributed by atoms with Crippen molar-refractivity contribution < 1.29 is 0 Å². The van der Waals surface area contributed by atoms with Gasteiger partial charge in [-0.3, -0.25) is 0 Å². The number of halogens is 1. The first-order valence-electron chi connectivity index (χ1n) is 6.66. The minimum Gasteiger partial charge on any atom is -0.192 e. The van der Waals surface area contributed by atoms with E-state index in [1.807, 2.05) is 42.5 Å². The molecule has 1 nitrogen and oxygen atoms in total. The number of hydrogen-bond acceptors (Lipinski definition) is 1. The van der Waals surface area contributed by atoms with Crippen LogP contribution in [0, 0.1) is 35.0 Å². The Morgan fingerprint density at radius 2 is 1.36 bits per heavy atom. The molecule has 0 aromatic heterocycles. The van der Waals surface area contributed by atoms with Crippen molar-refractivity contribution >= 4 is 11.6 Å². The summed E-state index contributed by atoms with van der Waals surface area (Å²) in [6.45, 7) is 0. The quantitative estimate of drug-likeness (QED) is 0.570. The zero-order chi connectivity index (χ0) is 15.6. The van der Waals surface area contributed by atoms with Gasteiger partial charge in [-0.15, -0.1) is 11.6 Å². The Balaban J connectivity index is 2.08. The summed E-state index contributed by atoms with van der Waals surface area (Å²) in [7, 11) is 0. The first kappa shape index (κ1) is 15.5. The second-order valence-electron chi connectivity index (χ2n) is 4.32. The number of rotatable bonds is 1. The lowest BCUT2D eigenvalue weighted by molar-refractivity contribution is 1.38. The van der Waals surface area contributed by atoms with E-state index in [0.29, 0.717) is 11.4 Å². The number of alkyl halides is 1. The largest absolute Gasteiger partial charge is 0.192 e. The van der Waals surface area contributed by atoms with Gasteiger partial charge in [0.1, 0.15) is 6.07 Å². The molecule has 22 heavy (non-hydrogen) atoms. The molecule has 2 rings (SSSR count). The van der Waals surface area contributed by atoms with Crippen molar-refractivity contribution in [3.63, 3.8) is 0 Å². The Kier molecular flexibility index (Phi) is 5.90. The van der Waals surface area contributed by atoms with Gasteiger partial charge in [0.15, 0.2) is 0 Å². The first-order valence-corrected chi connectivity index (χ1v) is 7.19. The molecule has 0 amide bonds. The molecule has 2 aromatic rings. The van der Waals surface area contributed by atoms with E-state index in [1.165, 1.54) is 0 Å². The van der Waals surface area contributed by atoms with Crippen LogP contribution in [-0.2, 0) is 5.88 Å². The van der Waals surface area contributed by atoms with Crippen LogP contribution in [0.5, 0.6) is 0 Å². The Morgan fingerprint density at radius 1 is 0.818 bits per heavy atom. The molecule has 2 aromatic carbocycles. The van der Waals surface area contributed by atoms with E-state index < -0.39 is 0 Å². The highest BCUT2D eigenvalue weighted by Crippen LogP contribution is 2.09. The van der Waals surface area contributed by atoms with Crippen LogP contribution in [0.4, 0.5) is 0 Å². The number of hydrogen-bond donors (Lipinski definition) is 0. The van der Waals surface area contributed by atoms with E-state index in [4.69, 9.17) is 16.9 Å². The topological polar surface area (TPSA) is 23.8 Å². The number of nitrogens with zero attached hydrogens (tertiary/aromatic N) is 1. The molecule has 0 fully saturated rings. The summed E-state index contributed by atoms with van der Waals surface area (Å²) < 4.78 is 0. The van der Waals surface area contributed by atoms with E-state index in [0.717, 1.165) is 16.7 Å². The molecule has 0 aliphatic rings. The summed E-state index contributed by atoms with van der Waals surface area (Å²) in [5.74, 6) is 12.2. The molecule has 104 valence electrons. The number of benzene rings is 2. The number of allylic oxidation sites excluding steroid dienone is 2. The van der Waals surface area contributed by atoms with Gasteiger partial charge in [-0.25, -0.2) is 0 Å². The van der Waals surface area contributed by atoms with Gasteiger partial charge < -0.3 is 0 Å². The highest BCUT2D eigenvalue weighted by Gasteiger charge is 1.95. The average Bonchev–Trinajstić information content (AvgIpc) is 2.58. The lowest BCUT2D eigenvalue weighted by atomic mass is 10.1. The highest BCUT2D eigenvalue weighted by molar-refractivity contribution is 6.17. The van der Waals surface area contributed by atoms with E-state index in [1.54, 1.807) is 18.2 Å². The van der Waals surface area contributed by atoms with E-state index >= 15 is 0 Å². The van der Waals surface area contributed by atoms with Crippen molar-refractivity contribution in [2.45, 2.75) is 5.88 Å². The standard InChI is InChI=1S/C20H12ClN/c21-15-19-13-7-5-11-17(19)9-3-1-2-4-10-18-12-6-8-14-20(18)16-22/h1-2,5-8,11-14H,15H2. The van der Waals surface area contributed by atoms with Crippen LogP contribution in [0.25, 0.3) is 0 Å². The minimum atomic E-state index is 0.444. The molecular weight excluding hydrogens is 290 g/mol. The van der Waals surface area contributed by atoms with Gasteiger partial charge in [0.25, 0.3) is 0 Å². The molecule has 0 unspecified atom stereocenters. The third-order valence-electron chi connectivity index (χ3n) is 2.87. The third kappa shape index (κ3) is 4.29. The lowest BCUT2D eigenvalue weighted by Crippen LogP contribution is -1.83. The van der Waals surface area contributed by atoms with Gasteiger partial charge in [-0.05, 0) is 35.9 Å². The Labute approximate surface area is 135 Å². The minimum absolute atomic E-state index is 0.444. The Hall–Kier alpha value is -2.92. The van der Waals surface area contributed by atoms with Crippen LogP contribution in [0.2, 0.25) is 0 Å². The fraction of sp³-hybridized carbons (Fsp3) is 0.0500. The Morgan fingerprint density at radius 3 is 2.00 bits per heavy atom. The van der Waals surface area contributed by atoms with Crippen molar-refractivity contribution in [2.75, 3.05) is 0 Å². The van der Waals surface area contributed by atoms with Crippen LogP contribution in [0.3, 0.4) is 0 Å². The molecule has 0 aliphatic carbocycles. The summed E-state index contributed by atoms with van der Waals surface area (Å²) in [6, 6.07) is 17.1. The summed E-state index contributed by atoms with van der Waals surface area (Å²) >= 11 is 5.86. The predicted octanol–water partition coefficient (Wildman–Crippen LogP) is 4.26. The van der Waals surface area contributed by atoms with E-state index in [2.05, 4.69) is 29.8 Å². The Bertz CT molecular complexity index is 849. The molecule has 0 saturated heterocycles.